The zero-order chi connectivity index (χ0) is 12.6. The van der Waals surface area contributed by atoms with Gasteiger partial charge in [0.1, 0.15) is 0 Å². The number of benzene rings is 2. The van der Waals surface area contributed by atoms with Crippen LogP contribution in [-0.4, -0.2) is 0 Å². The van der Waals surface area contributed by atoms with Crippen LogP contribution in [0.25, 0.3) is 0 Å². The maximum absolute atomic E-state index is 2.31. The standard InChI is InChI=1S/C18H20/c1-14-4-8-16(9-5-14)18(12-3-13-18)17-10-6-15(2)7-11-17/h4-11H,3,12-13H2,1-2H3. The monoisotopic (exact) mass is 236 g/mol. The minimum atomic E-state index is 0.293. The molecule has 3 rings (SSSR count). The van der Waals surface area contributed by atoms with Gasteiger partial charge in [-0.1, -0.05) is 66.1 Å². The molecule has 2 aromatic carbocycles. The number of hydrogen-bond donors (Lipinski definition) is 0. The number of rotatable bonds is 2. The molecule has 2 aromatic rings. The van der Waals surface area contributed by atoms with Crippen molar-refractivity contribution >= 4 is 0 Å². The van der Waals surface area contributed by atoms with E-state index in [4.69, 9.17) is 0 Å². The molecule has 0 radical (unpaired) electrons. The van der Waals surface area contributed by atoms with Crippen LogP contribution in [0.2, 0.25) is 0 Å². The fourth-order valence-electron chi connectivity index (χ4n) is 3.02. The lowest BCUT2D eigenvalue weighted by atomic mass is 9.60. The molecule has 0 N–H and O–H groups in total. The van der Waals surface area contributed by atoms with Crippen LogP contribution in [0.15, 0.2) is 48.5 Å². The van der Waals surface area contributed by atoms with Crippen LogP contribution in [-0.2, 0) is 5.41 Å². The number of hydrogen-bond acceptors (Lipinski definition) is 0. The molecule has 1 fully saturated rings. The van der Waals surface area contributed by atoms with Gasteiger partial charge in [0.05, 0.1) is 0 Å². The van der Waals surface area contributed by atoms with Gasteiger partial charge in [0.15, 0.2) is 0 Å². The molecular weight excluding hydrogens is 216 g/mol. The Morgan fingerprint density at radius 2 is 1.06 bits per heavy atom. The highest BCUT2D eigenvalue weighted by molar-refractivity contribution is 5.43. The molecule has 1 aliphatic rings. The molecule has 18 heavy (non-hydrogen) atoms. The molecule has 0 heteroatoms. The predicted octanol–water partition coefficient (Wildman–Crippen LogP) is 4.77. The van der Waals surface area contributed by atoms with Crippen molar-refractivity contribution in [3.05, 3.63) is 70.8 Å². The van der Waals surface area contributed by atoms with Gasteiger partial charge in [-0.25, -0.2) is 0 Å². The summed E-state index contributed by atoms with van der Waals surface area (Å²) in [5.41, 5.74) is 5.96. The van der Waals surface area contributed by atoms with Gasteiger partial charge in [-0.3, -0.25) is 0 Å². The van der Waals surface area contributed by atoms with Crippen molar-refractivity contribution in [3.8, 4) is 0 Å². The molecular formula is C18H20. The van der Waals surface area contributed by atoms with Gasteiger partial charge < -0.3 is 0 Å². The van der Waals surface area contributed by atoms with Crippen LogP contribution in [0.3, 0.4) is 0 Å². The molecule has 0 aromatic heterocycles. The minimum absolute atomic E-state index is 0.293. The van der Waals surface area contributed by atoms with E-state index >= 15 is 0 Å². The van der Waals surface area contributed by atoms with Crippen LogP contribution in [0.1, 0.15) is 41.5 Å². The van der Waals surface area contributed by atoms with E-state index in [1.165, 1.54) is 41.5 Å². The first-order valence-electron chi connectivity index (χ1n) is 6.85. The first-order chi connectivity index (χ1) is 8.71. The molecule has 1 aliphatic carbocycles. The minimum Gasteiger partial charge on any atom is -0.0590 e. The molecule has 0 heterocycles. The topological polar surface area (TPSA) is 0 Å². The molecule has 0 saturated heterocycles. The summed E-state index contributed by atoms with van der Waals surface area (Å²) in [4.78, 5) is 0. The molecule has 0 nitrogen and oxygen atoms in total. The highest BCUT2D eigenvalue weighted by Crippen LogP contribution is 2.48. The second-order valence-electron chi connectivity index (χ2n) is 5.67. The highest BCUT2D eigenvalue weighted by Gasteiger charge is 2.39. The molecule has 0 unspecified atom stereocenters. The van der Waals surface area contributed by atoms with E-state index in [2.05, 4.69) is 62.4 Å². The highest BCUT2D eigenvalue weighted by atomic mass is 14.4. The fourth-order valence-corrected chi connectivity index (χ4v) is 3.02. The number of aryl methyl sites for hydroxylation is 2. The molecule has 0 spiro atoms. The Morgan fingerprint density at radius 3 is 1.33 bits per heavy atom. The summed E-state index contributed by atoms with van der Waals surface area (Å²) in [7, 11) is 0. The first kappa shape index (κ1) is 11.5. The normalized spacial score (nSPS) is 17.2. The molecule has 0 aliphatic heterocycles. The molecule has 0 atom stereocenters. The van der Waals surface area contributed by atoms with E-state index in [-0.39, 0.29) is 0 Å². The SMILES string of the molecule is Cc1ccc(C2(c3ccc(C)cc3)CCC2)cc1. The Balaban J connectivity index is 2.04. The van der Waals surface area contributed by atoms with Crippen molar-refractivity contribution < 1.29 is 0 Å². The van der Waals surface area contributed by atoms with E-state index in [1.54, 1.807) is 0 Å². The maximum Gasteiger partial charge on any atom is 0.0202 e. The van der Waals surface area contributed by atoms with E-state index in [0.717, 1.165) is 0 Å². The third-order valence-corrected chi connectivity index (χ3v) is 4.42. The van der Waals surface area contributed by atoms with Crippen molar-refractivity contribution in [3.63, 3.8) is 0 Å². The smallest absolute Gasteiger partial charge is 0.0202 e. The third kappa shape index (κ3) is 1.77. The summed E-state index contributed by atoms with van der Waals surface area (Å²) in [5.74, 6) is 0. The van der Waals surface area contributed by atoms with E-state index in [1.807, 2.05) is 0 Å². The van der Waals surface area contributed by atoms with E-state index in [9.17, 15) is 0 Å². The quantitative estimate of drug-likeness (QED) is 0.704. The Kier molecular flexibility index (Phi) is 2.74. The summed E-state index contributed by atoms with van der Waals surface area (Å²) in [5, 5.41) is 0. The summed E-state index contributed by atoms with van der Waals surface area (Å²) in [6.07, 6.45) is 3.93. The summed E-state index contributed by atoms with van der Waals surface area (Å²) in [6.45, 7) is 4.31. The van der Waals surface area contributed by atoms with Gasteiger partial charge in [-0.2, -0.15) is 0 Å². The van der Waals surface area contributed by atoms with Crippen LogP contribution in [0, 0.1) is 13.8 Å². The van der Waals surface area contributed by atoms with Crippen molar-refractivity contribution in [2.45, 2.75) is 38.5 Å². The lowest BCUT2D eigenvalue weighted by Crippen LogP contribution is -2.35. The van der Waals surface area contributed by atoms with Crippen LogP contribution in [0.4, 0.5) is 0 Å². The first-order valence-corrected chi connectivity index (χ1v) is 6.85. The predicted molar refractivity (Wildman–Crippen MR) is 77.0 cm³/mol. The van der Waals surface area contributed by atoms with Crippen molar-refractivity contribution in [1.82, 2.24) is 0 Å². The lowest BCUT2D eigenvalue weighted by Gasteiger charge is -2.43. The zero-order valence-electron chi connectivity index (χ0n) is 11.2. The Labute approximate surface area is 110 Å². The van der Waals surface area contributed by atoms with E-state index < -0.39 is 0 Å². The van der Waals surface area contributed by atoms with Crippen LogP contribution < -0.4 is 0 Å². The summed E-state index contributed by atoms with van der Waals surface area (Å²) >= 11 is 0. The van der Waals surface area contributed by atoms with Gasteiger partial charge in [0.25, 0.3) is 0 Å². The molecule has 0 bridgehead atoms. The summed E-state index contributed by atoms with van der Waals surface area (Å²) < 4.78 is 0. The van der Waals surface area contributed by atoms with Gasteiger partial charge in [0, 0.05) is 5.41 Å². The third-order valence-electron chi connectivity index (χ3n) is 4.42. The second kappa shape index (κ2) is 4.28. The zero-order valence-corrected chi connectivity index (χ0v) is 11.2. The fraction of sp³-hybridized carbons (Fsp3) is 0.333. The van der Waals surface area contributed by atoms with Crippen molar-refractivity contribution in [1.29, 1.82) is 0 Å². The largest absolute Gasteiger partial charge is 0.0590 e. The molecule has 1 saturated carbocycles. The second-order valence-corrected chi connectivity index (χ2v) is 5.67. The van der Waals surface area contributed by atoms with Gasteiger partial charge in [-0.15, -0.1) is 0 Å². The summed E-state index contributed by atoms with van der Waals surface area (Å²) in [6, 6.07) is 18.2. The van der Waals surface area contributed by atoms with Crippen LogP contribution in [0.5, 0.6) is 0 Å². The maximum atomic E-state index is 2.31. The Morgan fingerprint density at radius 1 is 0.667 bits per heavy atom. The van der Waals surface area contributed by atoms with Gasteiger partial charge in [0.2, 0.25) is 0 Å². The Hall–Kier alpha value is -1.56. The average Bonchev–Trinajstić information content (AvgIpc) is 2.32. The van der Waals surface area contributed by atoms with Crippen molar-refractivity contribution in [2.75, 3.05) is 0 Å². The average molecular weight is 236 g/mol. The molecule has 0 amide bonds. The molecule has 92 valence electrons. The lowest BCUT2D eigenvalue weighted by molar-refractivity contribution is 0.301. The van der Waals surface area contributed by atoms with Crippen LogP contribution >= 0.6 is 0 Å². The van der Waals surface area contributed by atoms with Gasteiger partial charge >= 0.3 is 0 Å². The van der Waals surface area contributed by atoms with E-state index in [0.29, 0.717) is 5.41 Å². The van der Waals surface area contributed by atoms with Gasteiger partial charge in [-0.05, 0) is 37.8 Å². The van der Waals surface area contributed by atoms with Crippen molar-refractivity contribution in [2.24, 2.45) is 0 Å². The Bertz CT molecular complexity index is 480.